The van der Waals surface area contributed by atoms with Gasteiger partial charge in [0.15, 0.2) is 11.5 Å². The van der Waals surface area contributed by atoms with E-state index < -0.39 is 0 Å². The number of allylic oxidation sites excluding steroid dienone is 1. The lowest BCUT2D eigenvalue weighted by Gasteiger charge is -2.23. The average Bonchev–Trinajstić information content (AvgIpc) is 2.66. The van der Waals surface area contributed by atoms with Crippen LogP contribution in [0.3, 0.4) is 0 Å². The van der Waals surface area contributed by atoms with Crippen LogP contribution in [0.15, 0.2) is 11.6 Å². The fourth-order valence-corrected chi connectivity index (χ4v) is 5.92. The first-order valence-electron chi connectivity index (χ1n) is 8.34. The predicted octanol–water partition coefficient (Wildman–Crippen LogP) is 4.71. The van der Waals surface area contributed by atoms with Crippen LogP contribution in [-0.4, -0.2) is 44.5 Å². The Balaban J connectivity index is 2.42. The van der Waals surface area contributed by atoms with Crippen LogP contribution in [0.5, 0.6) is 23.0 Å². The van der Waals surface area contributed by atoms with Gasteiger partial charge in [-0.05, 0) is 38.2 Å². The highest BCUT2D eigenvalue weighted by Gasteiger charge is 2.25. The molecule has 0 atom stereocenters. The molecular formula is C19H28O4S2. The smallest absolute Gasteiger partial charge is 0.207 e. The zero-order chi connectivity index (χ0) is 18.4. The van der Waals surface area contributed by atoms with Gasteiger partial charge in [0.25, 0.3) is 0 Å². The second-order valence-electron chi connectivity index (χ2n) is 5.82. The van der Waals surface area contributed by atoms with Crippen LogP contribution >= 0.6 is 23.5 Å². The van der Waals surface area contributed by atoms with Crippen LogP contribution in [0.2, 0.25) is 0 Å². The van der Waals surface area contributed by atoms with E-state index in [9.17, 15) is 0 Å². The molecule has 0 radical (unpaired) electrons. The molecular weight excluding hydrogens is 356 g/mol. The standard InChI is InChI=1S/C19H28O4S2/c1-12(19-24-10-7-11-25-19)8-9-14-13(2)15(20-3)17(22-5)18(23-6)16(14)21-4/h8,19H,7,9-11H2,1-6H3/b12-8+. The van der Waals surface area contributed by atoms with E-state index in [0.29, 0.717) is 27.6 Å². The first-order chi connectivity index (χ1) is 12.1. The van der Waals surface area contributed by atoms with Crippen molar-refractivity contribution < 1.29 is 18.9 Å². The minimum Gasteiger partial charge on any atom is -0.492 e. The Morgan fingerprint density at radius 1 is 0.920 bits per heavy atom. The van der Waals surface area contributed by atoms with Crippen molar-refractivity contribution in [3.05, 3.63) is 22.8 Å². The topological polar surface area (TPSA) is 36.9 Å². The van der Waals surface area contributed by atoms with Gasteiger partial charge < -0.3 is 18.9 Å². The van der Waals surface area contributed by atoms with Crippen LogP contribution in [0.4, 0.5) is 0 Å². The summed E-state index contributed by atoms with van der Waals surface area (Å²) in [6, 6.07) is 0. The second-order valence-corrected chi connectivity index (χ2v) is 8.54. The number of thioether (sulfide) groups is 2. The molecule has 4 nitrogen and oxygen atoms in total. The summed E-state index contributed by atoms with van der Waals surface area (Å²) in [6.07, 6.45) is 4.38. The first kappa shape index (κ1) is 20.2. The van der Waals surface area contributed by atoms with E-state index in [0.717, 1.165) is 17.5 Å². The maximum atomic E-state index is 5.67. The van der Waals surface area contributed by atoms with Gasteiger partial charge in [-0.2, -0.15) is 0 Å². The lowest BCUT2D eigenvalue weighted by molar-refractivity contribution is 0.302. The molecule has 0 saturated carbocycles. The van der Waals surface area contributed by atoms with Gasteiger partial charge in [-0.25, -0.2) is 0 Å². The summed E-state index contributed by atoms with van der Waals surface area (Å²) in [5, 5.41) is 0. The van der Waals surface area contributed by atoms with E-state index in [1.807, 2.05) is 30.4 Å². The zero-order valence-corrected chi connectivity index (χ0v) is 17.6. The molecule has 0 amide bonds. The van der Waals surface area contributed by atoms with E-state index >= 15 is 0 Å². The minimum atomic E-state index is 0.557. The third-order valence-corrected chi connectivity index (χ3v) is 7.54. The van der Waals surface area contributed by atoms with Crippen LogP contribution in [-0.2, 0) is 6.42 Å². The van der Waals surface area contributed by atoms with Gasteiger partial charge in [0.2, 0.25) is 11.5 Å². The van der Waals surface area contributed by atoms with Gasteiger partial charge in [-0.1, -0.05) is 11.6 Å². The molecule has 1 aromatic carbocycles. The van der Waals surface area contributed by atoms with E-state index in [-0.39, 0.29) is 0 Å². The minimum absolute atomic E-state index is 0.557. The van der Waals surface area contributed by atoms with E-state index in [1.54, 1.807) is 28.4 Å². The molecule has 0 aromatic heterocycles. The Labute approximate surface area is 159 Å². The second kappa shape index (κ2) is 9.53. The lowest BCUT2D eigenvalue weighted by atomic mass is 10.0. The van der Waals surface area contributed by atoms with Crippen LogP contribution in [0.1, 0.15) is 24.5 Å². The molecule has 2 rings (SSSR count). The van der Waals surface area contributed by atoms with Crippen molar-refractivity contribution in [1.82, 2.24) is 0 Å². The molecule has 0 N–H and O–H groups in total. The fourth-order valence-electron chi connectivity index (χ4n) is 3.01. The molecule has 0 spiro atoms. The van der Waals surface area contributed by atoms with E-state index in [4.69, 9.17) is 18.9 Å². The maximum absolute atomic E-state index is 5.67. The normalized spacial score (nSPS) is 15.8. The Hall–Kier alpha value is -1.14. The van der Waals surface area contributed by atoms with Crippen LogP contribution in [0, 0.1) is 6.92 Å². The average molecular weight is 385 g/mol. The molecule has 0 bridgehead atoms. The molecule has 1 aromatic rings. The van der Waals surface area contributed by atoms with Crippen molar-refractivity contribution in [1.29, 1.82) is 0 Å². The molecule has 1 aliphatic heterocycles. The summed E-state index contributed by atoms with van der Waals surface area (Å²) in [7, 11) is 6.54. The molecule has 0 unspecified atom stereocenters. The highest BCUT2D eigenvalue weighted by atomic mass is 32.2. The van der Waals surface area contributed by atoms with Gasteiger partial charge in [0.05, 0.1) is 33.0 Å². The zero-order valence-electron chi connectivity index (χ0n) is 15.9. The maximum Gasteiger partial charge on any atom is 0.207 e. The fraction of sp³-hybridized carbons (Fsp3) is 0.579. The largest absolute Gasteiger partial charge is 0.492 e. The van der Waals surface area contributed by atoms with Gasteiger partial charge >= 0.3 is 0 Å². The molecule has 1 heterocycles. The Bertz CT molecular complexity index is 623. The summed E-state index contributed by atoms with van der Waals surface area (Å²) in [5.74, 6) is 5.05. The lowest BCUT2D eigenvalue weighted by Crippen LogP contribution is -2.08. The van der Waals surface area contributed by atoms with Gasteiger partial charge in [-0.15, -0.1) is 23.5 Å². The van der Waals surface area contributed by atoms with Crippen molar-refractivity contribution >= 4 is 23.5 Å². The summed E-state index contributed by atoms with van der Waals surface area (Å²) in [6.45, 7) is 4.25. The highest BCUT2D eigenvalue weighted by molar-refractivity contribution is 8.17. The number of ether oxygens (including phenoxy) is 4. The number of methoxy groups -OCH3 is 4. The Morgan fingerprint density at radius 2 is 1.44 bits per heavy atom. The van der Waals surface area contributed by atoms with Crippen molar-refractivity contribution in [3.63, 3.8) is 0 Å². The van der Waals surface area contributed by atoms with Crippen molar-refractivity contribution in [2.24, 2.45) is 0 Å². The Morgan fingerprint density at radius 3 is 1.96 bits per heavy atom. The SMILES string of the molecule is COc1c(C)c(C/C=C(\C)C2SCCCS2)c(OC)c(OC)c1OC. The first-order valence-corrected chi connectivity index (χ1v) is 10.4. The van der Waals surface area contributed by atoms with E-state index in [2.05, 4.69) is 13.0 Å². The van der Waals surface area contributed by atoms with E-state index in [1.165, 1.54) is 23.5 Å². The molecule has 1 saturated heterocycles. The quantitative estimate of drug-likeness (QED) is 0.634. The number of benzene rings is 1. The van der Waals surface area contributed by atoms with Crippen LogP contribution < -0.4 is 18.9 Å². The summed E-state index contributed by atoms with van der Waals surface area (Å²) in [4.78, 5) is 0. The van der Waals surface area contributed by atoms with Crippen molar-refractivity contribution in [2.75, 3.05) is 39.9 Å². The molecule has 0 aliphatic carbocycles. The van der Waals surface area contributed by atoms with Gasteiger partial charge in [0, 0.05) is 11.1 Å². The number of hydrogen-bond acceptors (Lipinski definition) is 6. The number of hydrogen-bond donors (Lipinski definition) is 0. The monoisotopic (exact) mass is 384 g/mol. The molecule has 1 fully saturated rings. The Kier molecular flexibility index (Phi) is 7.69. The van der Waals surface area contributed by atoms with Crippen LogP contribution in [0.25, 0.3) is 0 Å². The number of rotatable bonds is 7. The molecule has 140 valence electrons. The summed E-state index contributed by atoms with van der Waals surface area (Å²) >= 11 is 4.07. The predicted molar refractivity (Wildman–Crippen MR) is 108 cm³/mol. The molecule has 6 heteroatoms. The van der Waals surface area contributed by atoms with Crippen molar-refractivity contribution in [2.45, 2.75) is 31.3 Å². The summed E-state index contributed by atoms with van der Waals surface area (Å²) in [5.41, 5.74) is 3.50. The van der Waals surface area contributed by atoms with Gasteiger partial charge in [0.1, 0.15) is 0 Å². The highest BCUT2D eigenvalue weighted by Crippen LogP contribution is 2.49. The van der Waals surface area contributed by atoms with Crippen molar-refractivity contribution in [3.8, 4) is 23.0 Å². The third kappa shape index (κ3) is 4.34. The van der Waals surface area contributed by atoms with Gasteiger partial charge in [-0.3, -0.25) is 0 Å². The molecule has 25 heavy (non-hydrogen) atoms. The summed E-state index contributed by atoms with van der Waals surface area (Å²) < 4.78 is 22.9. The molecule has 1 aliphatic rings. The third-order valence-electron chi connectivity index (χ3n) is 4.33.